The van der Waals surface area contributed by atoms with Gasteiger partial charge in [0.05, 0.1) is 41.1 Å². The summed E-state index contributed by atoms with van der Waals surface area (Å²) in [6.07, 6.45) is 10.0. The number of urea groups is 1. The molecular weight excluding hydrogens is 845 g/mol. The van der Waals surface area contributed by atoms with E-state index in [-0.39, 0.29) is 42.3 Å². The fraction of sp³-hybridized carbons (Fsp3) is 0.549. The number of aliphatic hydroxyl groups is 1. The Balaban J connectivity index is 0.716. The molecule has 0 saturated carbocycles. The Hall–Kier alpha value is -5.09. The fourth-order valence-electron chi connectivity index (χ4n) is 12.2. The molecule has 3 aromatic carbocycles. The normalized spacial score (nSPS) is 22.9. The van der Waals surface area contributed by atoms with Gasteiger partial charge in [0, 0.05) is 113 Å². The molecule has 0 unspecified atom stereocenters. The molecule has 66 heavy (non-hydrogen) atoms. The highest BCUT2D eigenvalue weighted by Crippen LogP contribution is 2.60. The molecule has 4 aromatic rings. The Kier molecular flexibility index (Phi) is 12.8. The number of β-lactam (4-membered cyclic amide) rings is 1. The molecule has 6 aliphatic rings. The Bertz CT molecular complexity index is 2430. The topological polar surface area (TPSA) is 123 Å². The third kappa shape index (κ3) is 8.34. The summed E-state index contributed by atoms with van der Waals surface area (Å²) < 4.78 is 45.6. The number of methoxy groups -OCH3 is 1. The van der Waals surface area contributed by atoms with Gasteiger partial charge in [-0.25, -0.2) is 13.6 Å². The van der Waals surface area contributed by atoms with E-state index >= 15 is 8.78 Å². The average Bonchev–Trinajstić information content (AvgIpc) is 3.78. The van der Waals surface area contributed by atoms with Gasteiger partial charge in [-0.15, -0.1) is 0 Å². The molecule has 6 aliphatic heterocycles. The van der Waals surface area contributed by atoms with Gasteiger partial charge in [0.2, 0.25) is 11.8 Å². The van der Waals surface area contributed by atoms with Crippen molar-refractivity contribution in [2.45, 2.75) is 76.3 Å². The van der Waals surface area contributed by atoms with Crippen LogP contribution in [0.4, 0.5) is 30.6 Å². The number of amides is 4. The molecule has 1 aromatic heterocycles. The predicted molar refractivity (Wildman–Crippen MR) is 249 cm³/mol. The SMILES string of the molecule is COc1cc(N2CCC(CN3CCC(CN4CCC(n5ccc6c(N7CCC(=O)NC7=O)cccc65)CC4)CC3)CC2)c(F)cc1[C@@H]1N(c2cccc(F)c2CCO)C(=O)C12CCOCC2. The number of rotatable bonds is 12. The molecule has 10 rings (SSSR count). The second-order valence-corrected chi connectivity index (χ2v) is 19.5. The molecule has 15 heteroatoms. The highest BCUT2D eigenvalue weighted by atomic mass is 19.1. The maximum Gasteiger partial charge on any atom is 0.328 e. The minimum atomic E-state index is -0.819. The lowest BCUT2D eigenvalue weighted by Crippen LogP contribution is -2.65. The number of halogens is 2. The zero-order chi connectivity index (χ0) is 45.5. The van der Waals surface area contributed by atoms with Gasteiger partial charge >= 0.3 is 6.03 Å². The average molecular weight is 908 g/mol. The minimum absolute atomic E-state index is 0.0569. The molecule has 7 heterocycles. The van der Waals surface area contributed by atoms with E-state index in [9.17, 15) is 19.5 Å². The molecule has 352 valence electrons. The number of fused-ring (bicyclic) bond motifs is 1. The summed E-state index contributed by atoms with van der Waals surface area (Å²) in [5.74, 6) is 0.540. The van der Waals surface area contributed by atoms with E-state index in [0.717, 1.165) is 94.6 Å². The summed E-state index contributed by atoms with van der Waals surface area (Å²) in [4.78, 5) is 49.2. The minimum Gasteiger partial charge on any atom is -0.496 e. The molecule has 0 bridgehead atoms. The van der Waals surface area contributed by atoms with Crippen LogP contribution in [-0.2, 0) is 20.7 Å². The Morgan fingerprint density at radius 3 is 2.14 bits per heavy atom. The second kappa shape index (κ2) is 18.9. The van der Waals surface area contributed by atoms with Crippen LogP contribution in [0, 0.1) is 28.9 Å². The van der Waals surface area contributed by atoms with Crippen molar-refractivity contribution in [2.75, 3.05) is 101 Å². The first-order valence-electron chi connectivity index (χ1n) is 24.2. The number of piperidine rings is 3. The summed E-state index contributed by atoms with van der Waals surface area (Å²) in [7, 11) is 1.58. The molecule has 13 nitrogen and oxygen atoms in total. The highest BCUT2D eigenvalue weighted by molar-refractivity contribution is 6.10. The number of ether oxygens (including phenoxy) is 2. The van der Waals surface area contributed by atoms with Gasteiger partial charge in [0.1, 0.15) is 17.4 Å². The standard InChI is InChI=1S/C51H63F2N7O6/c1-65-46-31-45(41(53)30-39(46)48-51(17-28-66-29-18-51)49(63)60(48)44-7-2-4-40(52)37(44)16-27-61)57-23-10-35(11-24-57)33-55-19-8-34(9-20-55)32-56-21-12-36(13-22-56)58-25-14-38-42(58)5-3-6-43(38)59-26-15-47(62)54-50(59)64/h2-7,14,25,30-31,34-36,48,61H,8-13,15-24,26-29,32-33H2,1H3,(H,54,62,64)/t48-/m0/s1. The van der Waals surface area contributed by atoms with Crippen LogP contribution in [0.15, 0.2) is 60.8 Å². The van der Waals surface area contributed by atoms with E-state index in [4.69, 9.17) is 9.47 Å². The molecule has 2 N–H and O–H groups in total. The number of aliphatic hydroxyl groups excluding tert-OH is 1. The smallest absolute Gasteiger partial charge is 0.328 e. The van der Waals surface area contributed by atoms with Gasteiger partial charge in [-0.1, -0.05) is 12.1 Å². The number of hydrogen-bond acceptors (Lipinski definition) is 9. The highest BCUT2D eigenvalue weighted by Gasteiger charge is 2.63. The number of likely N-dealkylation sites (tertiary alicyclic amines) is 2. The summed E-state index contributed by atoms with van der Waals surface area (Å²) in [6, 6.07) is 15.6. The monoisotopic (exact) mass is 907 g/mol. The molecule has 4 amide bonds. The van der Waals surface area contributed by atoms with Gasteiger partial charge in [0.15, 0.2) is 0 Å². The lowest BCUT2D eigenvalue weighted by molar-refractivity contribution is -0.149. The number of aromatic nitrogens is 1. The van der Waals surface area contributed by atoms with Gasteiger partial charge in [0.25, 0.3) is 0 Å². The number of carbonyl (C=O) groups is 3. The second-order valence-electron chi connectivity index (χ2n) is 19.5. The number of nitrogens with one attached hydrogen (secondary N) is 1. The van der Waals surface area contributed by atoms with Crippen molar-refractivity contribution in [1.29, 1.82) is 0 Å². The van der Waals surface area contributed by atoms with Crippen LogP contribution in [0.1, 0.15) is 81.0 Å². The molecule has 1 atom stereocenters. The van der Waals surface area contributed by atoms with Crippen LogP contribution < -0.4 is 24.8 Å². The van der Waals surface area contributed by atoms with Gasteiger partial charge < -0.3 is 38.7 Å². The zero-order valence-corrected chi connectivity index (χ0v) is 38.1. The number of nitrogens with zero attached hydrogens (tertiary/aromatic N) is 6. The van der Waals surface area contributed by atoms with Crippen molar-refractivity contribution in [2.24, 2.45) is 17.3 Å². The fourth-order valence-corrected chi connectivity index (χ4v) is 12.2. The predicted octanol–water partition coefficient (Wildman–Crippen LogP) is 7.06. The molecule has 0 radical (unpaired) electrons. The third-order valence-electron chi connectivity index (χ3n) is 15.9. The van der Waals surface area contributed by atoms with E-state index in [1.54, 1.807) is 35.1 Å². The number of benzene rings is 3. The number of anilines is 3. The molecule has 1 spiro atoms. The van der Waals surface area contributed by atoms with Crippen molar-refractivity contribution < 1.29 is 37.7 Å². The van der Waals surface area contributed by atoms with Crippen molar-refractivity contribution in [3.05, 3.63) is 83.6 Å². The van der Waals surface area contributed by atoms with Crippen LogP contribution in [0.3, 0.4) is 0 Å². The largest absolute Gasteiger partial charge is 0.496 e. The number of hydrogen-bond donors (Lipinski definition) is 2. The zero-order valence-electron chi connectivity index (χ0n) is 38.1. The van der Waals surface area contributed by atoms with Gasteiger partial charge in [-0.3, -0.25) is 19.8 Å². The van der Waals surface area contributed by atoms with E-state index in [1.807, 2.05) is 12.1 Å². The summed E-state index contributed by atoms with van der Waals surface area (Å²) in [6.45, 7) is 9.02. The quantitative estimate of drug-likeness (QED) is 0.144. The molecule has 0 aliphatic carbocycles. The van der Waals surface area contributed by atoms with Gasteiger partial charge in [-0.05, 0) is 113 Å². The summed E-state index contributed by atoms with van der Waals surface area (Å²) in [5, 5.41) is 13.3. The van der Waals surface area contributed by atoms with E-state index in [0.29, 0.717) is 79.6 Å². The lowest BCUT2D eigenvalue weighted by Gasteiger charge is -2.58. The van der Waals surface area contributed by atoms with E-state index in [1.165, 1.54) is 25.0 Å². The maximum absolute atomic E-state index is 16.5. The van der Waals surface area contributed by atoms with Crippen molar-refractivity contribution in [3.8, 4) is 5.75 Å². The van der Waals surface area contributed by atoms with Crippen LogP contribution in [0.5, 0.6) is 5.75 Å². The van der Waals surface area contributed by atoms with Crippen molar-refractivity contribution >= 4 is 45.8 Å². The summed E-state index contributed by atoms with van der Waals surface area (Å²) in [5.41, 5.74) is 2.90. The number of imide groups is 1. The maximum atomic E-state index is 16.5. The first-order chi connectivity index (χ1) is 32.1. The van der Waals surface area contributed by atoms with E-state index in [2.05, 4.69) is 42.9 Å². The van der Waals surface area contributed by atoms with Crippen molar-refractivity contribution in [3.63, 3.8) is 0 Å². The number of carbonyl (C=O) groups excluding carboxylic acids is 3. The van der Waals surface area contributed by atoms with Crippen molar-refractivity contribution in [1.82, 2.24) is 19.7 Å². The van der Waals surface area contributed by atoms with E-state index < -0.39 is 17.3 Å². The summed E-state index contributed by atoms with van der Waals surface area (Å²) >= 11 is 0. The Labute approximate surface area is 385 Å². The van der Waals surface area contributed by atoms with Crippen LogP contribution in [0.25, 0.3) is 10.9 Å². The van der Waals surface area contributed by atoms with Crippen LogP contribution in [-0.4, -0.2) is 123 Å². The first kappa shape index (κ1) is 44.7. The van der Waals surface area contributed by atoms with Crippen LogP contribution in [0.2, 0.25) is 0 Å². The molecule has 6 fully saturated rings. The lowest BCUT2D eigenvalue weighted by atomic mass is 9.62. The first-order valence-corrected chi connectivity index (χ1v) is 24.2. The molecular formula is C51H63F2N7O6. The van der Waals surface area contributed by atoms with Crippen LogP contribution >= 0.6 is 0 Å². The van der Waals surface area contributed by atoms with Gasteiger partial charge in [-0.2, -0.15) is 0 Å². The Morgan fingerprint density at radius 2 is 1.45 bits per heavy atom. The third-order valence-corrected chi connectivity index (χ3v) is 15.9. The Morgan fingerprint density at radius 1 is 0.788 bits per heavy atom. The molecule has 6 saturated heterocycles.